The van der Waals surface area contributed by atoms with Gasteiger partial charge in [-0.3, -0.25) is 14.9 Å². The van der Waals surface area contributed by atoms with Gasteiger partial charge in [0.1, 0.15) is 5.02 Å². The molecule has 0 spiro atoms. The van der Waals surface area contributed by atoms with Crippen molar-refractivity contribution in [1.82, 2.24) is 0 Å². The third-order valence-corrected chi connectivity index (χ3v) is 8.55. The molecule has 8 nitrogen and oxygen atoms in total. The first-order chi connectivity index (χ1) is 17.1. The molecule has 1 amide bonds. The number of carbonyl (C=O) groups is 2. The Morgan fingerprint density at radius 1 is 1.14 bits per heavy atom. The summed E-state index contributed by atoms with van der Waals surface area (Å²) >= 11 is 5.79. The molecule has 2 aromatic carbocycles. The number of hydrogen-bond acceptors (Lipinski definition) is 6. The number of alkyl halides is 3. The lowest BCUT2D eigenvalue weighted by Crippen LogP contribution is -2.43. The fraction of sp³-hybridized carbons (Fsp3) is 0.400. The van der Waals surface area contributed by atoms with Gasteiger partial charge in [-0.25, -0.2) is 4.79 Å². The highest BCUT2D eigenvalue weighted by molar-refractivity contribution is 6.32. The van der Waals surface area contributed by atoms with Crippen LogP contribution in [0.15, 0.2) is 47.6 Å². The number of benzene rings is 2. The topological polar surface area (TPSA) is 111 Å². The summed E-state index contributed by atoms with van der Waals surface area (Å²) in [5.41, 5.74) is -3.27. The van der Waals surface area contributed by atoms with Crippen molar-refractivity contribution in [2.24, 2.45) is 21.4 Å². The van der Waals surface area contributed by atoms with Crippen LogP contribution in [0.1, 0.15) is 56.0 Å². The average Bonchev–Trinajstić information content (AvgIpc) is 3.13. The van der Waals surface area contributed by atoms with Crippen LogP contribution in [0.5, 0.6) is 0 Å². The van der Waals surface area contributed by atoms with E-state index in [4.69, 9.17) is 16.4 Å². The molecule has 12 heteroatoms. The van der Waals surface area contributed by atoms with E-state index in [0.717, 1.165) is 18.2 Å². The molecule has 2 fully saturated rings. The minimum Gasteiger partial charge on any atom is -0.326 e. The minimum absolute atomic E-state index is 0.0275. The fourth-order valence-electron chi connectivity index (χ4n) is 5.48. The lowest BCUT2D eigenvalue weighted by molar-refractivity contribution is -0.384. The van der Waals surface area contributed by atoms with E-state index in [9.17, 15) is 32.9 Å². The second-order valence-electron chi connectivity index (χ2n) is 10.1. The van der Waals surface area contributed by atoms with Crippen molar-refractivity contribution in [3.05, 3.63) is 68.7 Å². The normalized spacial score (nSPS) is 25.2. The van der Waals surface area contributed by atoms with Crippen LogP contribution in [0.4, 0.5) is 24.5 Å². The number of nitrogens with one attached hydrogen (secondary N) is 1. The lowest BCUT2D eigenvalue weighted by atomic mass is 9.64. The quantitative estimate of drug-likeness (QED) is 0.261. The Labute approximate surface area is 215 Å². The zero-order valence-electron chi connectivity index (χ0n) is 20.1. The molecular weight excluding hydrogens is 515 g/mol. The number of oxime groups is 1. The molecule has 0 saturated heterocycles. The highest BCUT2D eigenvalue weighted by Crippen LogP contribution is 2.71. The zero-order chi connectivity index (χ0) is 27.4. The van der Waals surface area contributed by atoms with Crippen LogP contribution in [0.2, 0.25) is 5.02 Å². The summed E-state index contributed by atoms with van der Waals surface area (Å²) in [6, 6.07) is 7.89. The van der Waals surface area contributed by atoms with Crippen molar-refractivity contribution in [1.29, 1.82) is 0 Å². The summed E-state index contributed by atoms with van der Waals surface area (Å²) in [4.78, 5) is 41.6. The summed E-state index contributed by atoms with van der Waals surface area (Å²) in [5, 5.41) is 17.7. The molecule has 4 rings (SSSR count). The van der Waals surface area contributed by atoms with Crippen LogP contribution in [0, 0.1) is 26.4 Å². The Morgan fingerprint density at radius 2 is 1.84 bits per heavy atom. The van der Waals surface area contributed by atoms with Crippen molar-refractivity contribution in [3.63, 3.8) is 0 Å². The molecule has 2 aliphatic rings. The fourth-order valence-corrected chi connectivity index (χ4v) is 5.66. The van der Waals surface area contributed by atoms with Gasteiger partial charge < -0.3 is 10.2 Å². The number of nitro benzene ring substituents is 1. The Balaban J connectivity index is 1.58. The van der Waals surface area contributed by atoms with E-state index in [-0.39, 0.29) is 22.7 Å². The first kappa shape index (κ1) is 26.6. The third kappa shape index (κ3) is 4.24. The summed E-state index contributed by atoms with van der Waals surface area (Å²) in [6.07, 6.45) is -3.41. The number of amides is 1. The predicted molar refractivity (Wildman–Crippen MR) is 129 cm³/mol. The number of nitrogens with zero attached hydrogens (tertiary/aromatic N) is 2. The largest absolute Gasteiger partial charge is 0.416 e. The Morgan fingerprint density at radius 3 is 2.49 bits per heavy atom. The van der Waals surface area contributed by atoms with Crippen molar-refractivity contribution in [2.45, 2.75) is 46.2 Å². The number of carbonyl (C=O) groups excluding carboxylic acids is 2. The molecule has 37 heavy (non-hydrogen) atoms. The van der Waals surface area contributed by atoms with Gasteiger partial charge in [0, 0.05) is 23.6 Å². The molecule has 196 valence electrons. The predicted octanol–water partition coefficient (Wildman–Crippen LogP) is 6.63. The molecule has 0 radical (unpaired) electrons. The number of rotatable bonds is 5. The van der Waals surface area contributed by atoms with Gasteiger partial charge in [0.2, 0.25) is 5.91 Å². The zero-order valence-corrected chi connectivity index (χ0v) is 20.9. The van der Waals surface area contributed by atoms with Crippen LogP contribution >= 0.6 is 11.6 Å². The molecular formula is C25H23ClF3N3O5. The SMILES string of the molecule is CC12CCC(C(=O)Nc3cccc(C(F)(F)F)c3)(CC1=NOC(=O)c1ccc(Cl)c([N+](=O)[O-])c1)C2(C)C. The standard InChI is InChI=1S/C25H23ClF3N3O5/c1-22(2)23(3)9-10-24(22,21(34)30-16-6-4-5-15(12-16)25(27,28)29)13-19(23)31-37-20(33)14-7-8-17(26)18(11-14)32(35)36/h4-8,11-12H,9-10,13H2,1-3H3,(H,30,34). The average molecular weight is 538 g/mol. The van der Waals surface area contributed by atoms with Gasteiger partial charge in [0.25, 0.3) is 5.69 Å². The Bertz CT molecular complexity index is 1340. The van der Waals surface area contributed by atoms with Crippen molar-refractivity contribution in [3.8, 4) is 0 Å². The van der Waals surface area contributed by atoms with E-state index in [1.165, 1.54) is 24.3 Å². The maximum Gasteiger partial charge on any atom is 0.416 e. The van der Waals surface area contributed by atoms with E-state index in [0.29, 0.717) is 18.6 Å². The van der Waals surface area contributed by atoms with Gasteiger partial charge in [0.05, 0.1) is 27.2 Å². The maximum atomic E-state index is 13.5. The summed E-state index contributed by atoms with van der Waals surface area (Å²) in [6.45, 7) is 5.68. The second kappa shape index (κ2) is 8.83. The van der Waals surface area contributed by atoms with E-state index in [2.05, 4.69) is 10.5 Å². The van der Waals surface area contributed by atoms with Crippen LogP contribution < -0.4 is 5.32 Å². The number of hydrogen-bond donors (Lipinski definition) is 1. The van der Waals surface area contributed by atoms with Crippen molar-refractivity contribution < 1.29 is 32.5 Å². The van der Waals surface area contributed by atoms with E-state index in [1.54, 1.807) is 0 Å². The van der Waals surface area contributed by atoms with Gasteiger partial charge in [0.15, 0.2) is 0 Å². The smallest absolute Gasteiger partial charge is 0.326 e. The first-order valence-electron chi connectivity index (χ1n) is 11.3. The highest BCUT2D eigenvalue weighted by atomic mass is 35.5. The van der Waals surface area contributed by atoms with Crippen LogP contribution in [-0.2, 0) is 15.8 Å². The molecule has 2 bridgehead atoms. The van der Waals surface area contributed by atoms with E-state index in [1.807, 2.05) is 20.8 Å². The molecule has 0 heterocycles. The van der Waals surface area contributed by atoms with Gasteiger partial charge in [-0.05, 0) is 48.6 Å². The van der Waals surface area contributed by atoms with Crippen molar-refractivity contribution in [2.75, 3.05) is 5.32 Å². The molecule has 0 aromatic heterocycles. The summed E-state index contributed by atoms with van der Waals surface area (Å²) in [7, 11) is 0. The molecule has 2 atom stereocenters. The maximum absolute atomic E-state index is 13.5. The highest BCUT2D eigenvalue weighted by Gasteiger charge is 2.71. The van der Waals surface area contributed by atoms with E-state index >= 15 is 0 Å². The molecule has 2 unspecified atom stereocenters. The minimum atomic E-state index is -4.55. The number of halogens is 4. The third-order valence-electron chi connectivity index (χ3n) is 8.23. The monoisotopic (exact) mass is 537 g/mol. The van der Waals surface area contributed by atoms with Crippen molar-refractivity contribution >= 4 is 40.6 Å². The Hall–Kier alpha value is -3.47. The van der Waals surface area contributed by atoms with Gasteiger partial charge in [-0.2, -0.15) is 13.2 Å². The molecule has 2 saturated carbocycles. The van der Waals surface area contributed by atoms with Crippen LogP contribution in [0.3, 0.4) is 0 Å². The summed E-state index contributed by atoms with van der Waals surface area (Å²) < 4.78 is 39.4. The van der Waals surface area contributed by atoms with Gasteiger partial charge in [-0.15, -0.1) is 0 Å². The second-order valence-corrected chi connectivity index (χ2v) is 10.5. The number of nitro groups is 1. The summed E-state index contributed by atoms with van der Waals surface area (Å²) in [5.74, 6) is -1.37. The van der Waals surface area contributed by atoms with Crippen LogP contribution in [0.25, 0.3) is 0 Å². The van der Waals surface area contributed by atoms with E-state index < -0.39 is 50.5 Å². The Kier molecular flexibility index (Phi) is 6.34. The van der Waals surface area contributed by atoms with Gasteiger partial charge >= 0.3 is 12.1 Å². The molecule has 0 aliphatic heterocycles. The first-order valence-corrected chi connectivity index (χ1v) is 11.7. The molecule has 2 aromatic rings. The van der Waals surface area contributed by atoms with Crippen LogP contribution in [-0.4, -0.2) is 22.5 Å². The molecule has 2 aliphatic carbocycles. The lowest BCUT2D eigenvalue weighted by Gasteiger charge is -2.39. The number of anilines is 1. The molecule has 1 N–H and O–H groups in total. The number of fused-ring (bicyclic) bond motifs is 2. The van der Waals surface area contributed by atoms with Gasteiger partial charge in [-0.1, -0.05) is 43.6 Å².